The van der Waals surface area contributed by atoms with Crippen LogP contribution in [0.5, 0.6) is 5.75 Å². The first-order chi connectivity index (χ1) is 19.2. The Labute approximate surface area is 239 Å². The maximum atomic E-state index is 14.3. The molecule has 0 aliphatic heterocycles. The van der Waals surface area contributed by atoms with Gasteiger partial charge in [0.2, 0.25) is 0 Å². The van der Waals surface area contributed by atoms with Gasteiger partial charge in [-0.05, 0) is 54.4 Å². The van der Waals surface area contributed by atoms with Crippen LogP contribution in [0.2, 0.25) is 0 Å². The van der Waals surface area contributed by atoms with E-state index >= 15 is 0 Å². The number of aromatic hydroxyl groups is 1. The highest BCUT2D eigenvalue weighted by Crippen LogP contribution is 2.63. The summed E-state index contributed by atoms with van der Waals surface area (Å²) >= 11 is 0. The summed E-state index contributed by atoms with van der Waals surface area (Å²) in [5.41, 5.74) is -3.29. The lowest BCUT2D eigenvalue weighted by molar-refractivity contribution is -0.205. The topological polar surface area (TPSA) is 126 Å². The summed E-state index contributed by atoms with van der Waals surface area (Å²) in [4.78, 5) is 68.2. The van der Waals surface area contributed by atoms with Gasteiger partial charge in [0.1, 0.15) is 17.5 Å². The van der Waals surface area contributed by atoms with E-state index in [9.17, 15) is 34.2 Å². The highest BCUT2D eigenvalue weighted by Gasteiger charge is 2.76. The Morgan fingerprint density at radius 3 is 2.29 bits per heavy atom. The summed E-state index contributed by atoms with van der Waals surface area (Å²) in [5, 5.41) is 22.9. The number of fused-ring (bicyclic) bond motifs is 3. The van der Waals surface area contributed by atoms with Crippen molar-refractivity contribution in [2.75, 3.05) is 0 Å². The summed E-state index contributed by atoms with van der Waals surface area (Å²) < 4.78 is 0. The van der Waals surface area contributed by atoms with Crippen LogP contribution in [0.3, 0.4) is 0 Å². The van der Waals surface area contributed by atoms with Gasteiger partial charge in [-0.3, -0.25) is 24.0 Å². The predicted molar refractivity (Wildman–Crippen MR) is 150 cm³/mol. The lowest BCUT2D eigenvalue weighted by Gasteiger charge is -2.61. The zero-order valence-corrected chi connectivity index (χ0v) is 23.9. The standard InChI is InChI=1S/C34H34O7/c1-18(2)26-28(37)24(19(3)35)30(39)34(41)31(40)27-29(38)25-22(16-32(27,4)17-33(26,34)5)21(14-15-23(25)36)13-9-12-20-10-7-6-8-11-20/h6-8,10-11,14-15,18,24,26-27,36,41H,12,16-17H2,1-5H3/t24?,26?,27?,32-,33-,34+/m1/s1. The van der Waals surface area contributed by atoms with E-state index in [4.69, 9.17) is 0 Å². The third-order valence-corrected chi connectivity index (χ3v) is 9.62. The number of Topliss-reactive ketones (excluding diaryl/α,β-unsaturated/α-hetero) is 5. The van der Waals surface area contributed by atoms with Crippen LogP contribution in [0, 0.1) is 46.3 Å². The van der Waals surface area contributed by atoms with Crippen molar-refractivity contribution in [1.82, 2.24) is 0 Å². The second-order valence-corrected chi connectivity index (χ2v) is 12.8. The van der Waals surface area contributed by atoms with E-state index in [-0.39, 0.29) is 24.2 Å². The molecule has 2 saturated carbocycles. The molecule has 7 heteroatoms. The largest absolute Gasteiger partial charge is 0.507 e. The average molecular weight is 555 g/mol. The summed E-state index contributed by atoms with van der Waals surface area (Å²) in [6.45, 7) is 7.95. The number of rotatable bonds is 3. The lowest BCUT2D eigenvalue weighted by Crippen LogP contribution is -2.76. The molecule has 3 unspecified atom stereocenters. The molecule has 0 bridgehead atoms. The monoisotopic (exact) mass is 554 g/mol. The number of aliphatic hydroxyl groups is 1. The van der Waals surface area contributed by atoms with E-state index < -0.39 is 69.0 Å². The van der Waals surface area contributed by atoms with Gasteiger partial charge in [0, 0.05) is 23.3 Å². The minimum Gasteiger partial charge on any atom is -0.507 e. The van der Waals surface area contributed by atoms with Gasteiger partial charge in [-0.1, -0.05) is 69.9 Å². The molecule has 6 atom stereocenters. The molecule has 0 spiro atoms. The molecule has 0 amide bonds. The minimum atomic E-state index is -2.70. The van der Waals surface area contributed by atoms with E-state index in [2.05, 4.69) is 11.8 Å². The van der Waals surface area contributed by atoms with Crippen molar-refractivity contribution in [2.24, 2.45) is 34.5 Å². The normalized spacial score (nSPS) is 32.5. The second-order valence-electron chi connectivity index (χ2n) is 12.8. The van der Waals surface area contributed by atoms with E-state index in [0.717, 1.165) is 12.5 Å². The zero-order valence-electron chi connectivity index (χ0n) is 23.9. The molecule has 0 aromatic heterocycles. The number of phenolic OH excluding ortho intramolecular Hbond substituents is 1. The number of phenols is 1. The molecule has 7 nitrogen and oxygen atoms in total. The fourth-order valence-corrected chi connectivity index (χ4v) is 8.09. The fourth-order valence-electron chi connectivity index (χ4n) is 8.09. The molecule has 0 saturated heterocycles. The SMILES string of the molecule is CC(=O)C1C(=O)C(C(C)C)[C@@]2(C)C[C@@]3(C)Cc4c(C#CCc5ccccc5)ccc(O)c4C(=O)C3C(=O)[C@@]2(O)C1=O. The highest BCUT2D eigenvalue weighted by atomic mass is 16.3. The van der Waals surface area contributed by atoms with Gasteiger partial charge in [-0.2, -0.15) is 0 Å². The first-order valence-electron chi connectivity index (χ1n) is 14.0. The molecule has 2 fully saturated rings. The van der Waals surface area contributed by atoms with E-state index in [1.807, 2.05) is 30.3 Å². The third kappa shape index (κ3) is 3.95. The summed E-state index contributed by atoms with van der Waals surface area (Å²) in [7, 11) is 0. The second kappa shape index (κ2) is 9.60. The average Bonchev–Trinajstić information content (AvgIpc) is 2.87. The highest BCUT2D eigenvalue weighted by molar-refractivity contribution is 6.32. The van der Waals surface area contributed by atoms with Crippen molar-refractivity contribution in [3.8, 4) is 17.6 Å². The first-order valence-corrected chi connectivity index (χ1v) is 14.0. The van der Waals surface area contributed by atoms with Crippen LogP contribution in [0.1, 0.15) is 68.1 Å². The number of ketones is 5. The predicted octanol–water partition coefficient (Wildman–Crippen LogP) is 3.69. The van der Waals surface area contributed by atoms with Crippen molar-refractivity contribution in [3.63, 3.8) is 0 Å². The van der Waals surface area contributed by atoms with Crippen LogP contribution < -0.4 is 0 Å². The first kappa shape index (κ1) is 28.6. The third-order valence-electron chi connectivity index (χ3n) is 9.62. The molecule has 212 valence electrons. The number of carbonyl (C=O) groups is 5. The Hall–Kier alpha value is -3.89. The summed E-state index contributed by atoms with van der Waals surface area (Å²) in [6, 6.07) is 12.7. The van der Waals surface area contributed by atoms with Crippen molar-refractivity contribution < 1.29 is 34.2 Å². The Balaban J connectivity index is 1.65. The maximum absolute atomic E-state index is 14.3. The van der Waals surface area contributed by atoms with Crippen molar-refractivity contribution in [1.29, 1.82) is 0 Å². The summed E-state index contributed by atoms with van der Waals surface area (Å²) in [6.07, 6.45) is 0.657. The number of hydrogen-bond acceptors (Lipinski definition) is 7. The van der Waals surface area contributed by atoms with Gasteiger partial charge in [0.05, 0.1) is 11.5 Å². The van der Waals surface area contributed by atoms with Crippen molar-refractivity contribution in [3.05, 3.63) is 64.7 Å². The van der Waals surface area contributed by atoms with Crippen molar-refractivity contribution >= 4 is 28.9 Å². The van der Waals surface area contributed by atoms with Crippen molar-refractivity contribution in [2.45, 2.75) is 59.5 Å². The Kier molecular flexibility index (Phi) is 6.70. The Morgan fingerprint density at radius 2 is 1.68 bits per heavy atom. The lowest BCUT2D eigenvalue weighted by atomic mass is 9.40. The van der Waals surface area contributed by atoms with Crippen LogP contribution in [-0.4, -0.2) is 44.7 Å². The molecular formula is C34H34O7. The van der Waals surface area contributed by atoms with Crippen LogP contribution >= 0.6 is 0 Å². The minimum absolute atomic E-state index is 0.00950. The van der Waals surface area contributed by atoms with Crippen LogP contribution in [-0.2, 0) is 32.0 Å². The molecule has 3 aliphatic rings. The number of carbonyl (C=O) groups excluding carboxylic acids is 5. The van der Waals surface area contributed by atoms with Gasteiger partial charge in [-0.25, -0.2) is 0 Å². The fraction of sp³-hybridized carbons (Fsp3) is 0.441. The molecule has 2 N–H and O–H groups in total. The van der Waals surface area contributed by atoms with Gasteiger partial charge in [0.25, 0.3) is 0 Å². The van der Waals surface area contributed by atoms with E-state index in [1.54, 1.807) is 33.8 Å². The Bertz CT molecular complexity index is 1580. The smallest absolute Gasteiger partial charge is 0.190 e. The van der Waals surface area contributed by atoms with Gasteiger partial charge < -0.3 is 10.2 Å². The van der Waals surface area contributed by atoms with Gasteiger partial charge in [-0.15, -0.1) is 0 Å². The molecule has 41 heavy (non-hydrogen) atoms. The van der Waals surface area contributed by atoms with Gasteiger partial charge in [0.15, 0.2) is 28.7 Å². The molecule has 2 aromatic carbocycles. The summed E-state index contributed by atoms with van der Waals surface area (Å²) in [5.74, 6) is -2.77. The zero-order chi connectivity index (χ0) is 30.1. The quantitative estimate of drug-likeness (QED) is 0.438. The maximum Gasteiger partial charge on any atom is 0.190 e. The molecule has 2 aromatic rings. The van der Waals surface area contributed by atoms with Gasteiger partial charge >= 0.3 is 0 Å². The number of hydrogen-bond donors (Lipinski definition) is 2. The molecular weight excluding hydrogens is 520 g/mol. The molecule has 5 rings (SSSR count). The number of benzene rings is 2. The molecule has 0 radical (unpaired) electrons. The molecule has 0 heterocycles. The van der Waals surface area contributed by atoms with E-state index in [1.165, 1.54) is 6.07 Å². The van der Waals surface area contributed by atoms with E-state index in [0.29, 0.717) is 17.5 Å². The Morgan fingerprint density at radius 1 is 1.02 bits per heavy atom. The molecule has 3 aliphatic carbocycles. The van der Waals surface area contributed by atoms with Crippen LogP contribution in [0.25, 0.3) is 0 Å². The van der Waals surface area contributed by atoms with Crippen LogP contribution in [0.4, 0.5) is 0 Å². The van der Waals surface area contributed by atoms with Crippen LogP contribution in [0.15, 0.2) is 42.5 Å².